The molecule has 0 atom stereocenters. The molecule has 0 fully saturated rings. The number of allylic oxidation sites excluding steroid dienone is 1. The van der Waals surface area contributed by atoms with Crippen molar-refractivity contribution in [3.8, 4) is 0 Å². The van der Waals surface area contributed by atoms with Crippen LogP contribution in [0.25, 0.3) is 60.0 Å². The minimum Gasteiger partial charge on any atom is -0.455 e. The van der Waals surface area contributed by atoms with Crippen molar-refractivity contribution < 1.29 is 4.42 Å². The molecule has 0 radical (unpaired) electrons. The molecule has 3 nitrogen and oxygen atoms in total. The van der Waals surface area contributed by atoms with Crippen LogP contribution < -0.4 is 0 Å². The molecule has 146 valence electrons. The van der Waals surface area contributed by atoms with E-state index in [1.807, 2.05) is 18.2 Å². The van der Waals surface area contributed by atoms with Crippen molar-refractivity contribution >= 4 is 65.7 Å². The molecule has 0 amide bonds. The Morgan fingerprint density at radius 2 is 1.65 bits per heavy atom. The fourth-order valence-corrected chi connectivity index (χ4v) is 5.24. The third-order valence-electron chi connectivity index (χ3n) is 6.55. The second-order valence-corrected chi connectivity index (χ2v) is 8.02. The number of rotatable bonds is 2. The number of aromatic nitrogens is 1. The smallest absolute Gasteiger partial charge is 0.145 e. The van der Waals surface area contributed by atoms with Gasteiger partial charge in [-0.1, -0.05) is 49.0 Å². The van der Waals surface area contributed by atoms with E-state index in [9.17, 15) is 0 Å². The highest BCUT2D eigenvalue weighted by Crippen LogP contribution is 2.43. The van der Waals surface area contributed by atoms with Gasteiger partial charge in [0.05, 0.1) is 27.6 Å². The molecule has 0 bridgehead atoms. The van der Waals surface area contributed by atoms with Crippen LogP contribution in [0.4, 0.5) is 0 Å². The molecule has 0 unspecified atom stereocenters. The highest BCUT2D eigenvalue weighted by molar-refractivity contribution is 6.30. The van der Waals surface area contributed by atoms with Crippen LogP contribution in [0.15, 0.2) is 94.9 Å². The maximum Gasteiger partial charge on any atom is 0.145 e. The Kier molecular flexibility index (Phi) is 3.08. The van der Waals surface area contributed by atoms with Crippen LogP contribution in [0, 0.1) is 0 Å². The summed E-state index contributed by atoms with van der Waals surface area (Å²) in [7, 11) is 1.81. The van der Waals surface area contributed by atoms with Crippen molar-refractivity contribution in [1.82, 2.24) is 4.40 Å². The van der Waals surface area contributed by atoms with Gasteiger partial charge in [0.2, 0.25) is 0 Å². The molecular weight excluding hydrogens is 380 g/mol. The van der Waals surface area contributed by atoms with Crippen LogP contribution in [0.2, 0.25) is 0 Å². The van der Waals surface area contributed by atoms with Crippen molar-refractivity contribution in [2.45, 2.75) is 0 Å². The van der Waals surface area contributed by atoms with Gasteiger partial charge in [-0.3, -0.25) is 4.99 Å². The molecule has 0 saturated heterocycles. The van der Waals surface area contributed by atoms with Crippen molar-refractivity contribution in [2.24, 2.45) is 4.99 Å². The van der Waals surface area contributed by atoms with Gasteiger partial charge in [0.25, 0.3) is 0 Å². The SMILES string of the molecule is C=CC(=NC)c1ccc2c(c1)c1cccc3c4c5oc6ccccc6c5ccc4n2c13. The second-order valence-electron chi connectivity index (χ2n) is 8.02. The van der Waals surface area contributed by atoms with E-state index in [1.165, 1.54) is 43.5 Å². The lowest BCUT2D eigenvalue weighted by atomic mass is 10.0. The van der Waals surface area contributed by atoms with E-state index in [-0.39, 0.29) is 0 Å². The fraction of sp³-hybridized carbons (Fsp3) is 0.0357. The minimum atomic E-state index is 0.903. The summed E-state index contributed by atoms with van der Waals surface area (Å²) < 4.78 is 8.76. The Morgan fingerprint density at radius 1 is 0.839 bits per heavy atom. The summed E-state index contributed by atoms with van der Waals surface area (Å²) in [6.07, 6.45) is 1.81. The lowest BCUT2D eigenvalue weighted by molar-refractivity contribution is 0.673. The maximum absolute atomic E-state index is 6.38. The van der Waals surface area contributed by atoms with E-state index >= 15 is 0 Å². The van der Waals surface area contributed by atoms with Crippen LogP contribution >= 0.6 is 0 Å². The van der Waals surface area contributed by atoms with E-state index in [0.717, 1.165) is 27.8 Å². The highest BCUT2D eigenvalue weighted by atomic mass is 16.3. The van der Waals surface area contributed by atoms with Gasteiger partial charge in [0.1, 0.15) is 11.2 Å². The van der Waals surface area contributed by atoms with Gasteiger partial charge in [-0.25, -0.2) is 0 Å². The summed E-state index contributed by atoms with van der Waals surface area (Å²) in [5, 5.41) is 7.21. The summed E-state index contributed by atoms with van der Waals surface area (Å²) in [5.74, 6) is 0. The molecule has 0 aliphatic carbocycles. The molecular formula is C28H18N2O. The van der Waals surface area contributed by atoms with Crippen LogP contribution in [-0.4, -0.2) is 17.2 Å². The average Bonchev–Trinajstić information content (AvgIpc) is 3.46. The predicted octanol–water partition coefficient (Wildman–Crippen LogP) is 7.34. The molecule has 7 rings (SSSR count). The molecule has 7 aromatic rings. The standard InChI is InChI=1S/C28H18N2O/c1-3-22(29-2)16-11-13-23-21(15-16)18-8-6-9-20-26-24(30(23)27(18)20)14-12-19-17-7-4-5-10-25(17)31-28(19)26/h3-15H,1H2,2H3. The first kappa shape index (κ1) is 16.7. The quantitative estimate of drug-likeness (QED) is 0.280. The van der Waals surface area contributed by atoms with Crippen molar-refractivity contribution in [2.75, 3.05) is 7.05 Å². The Labute approximate surface area is 177 Å². The number of hydrogen-bond acceptors (Lipinski definition) is 2. The van der Waals surface area contributed by atoms with E-state index < -0.39 is 0 Å². The number of nitrogens with zero attached hydrogens (tertiary/aromatic N) is 2. The van der Waals surface area contributed by atoms with Gasteiger partial charge in [-0.05, 0) is 36.4 Å². The Hall–Kier alpha value is -4.11. The number of benzene rings is 4. The van der Waals surface area contributed by atoms with Gasteiger partial charge in [0.15, 0.2) is 0 Å². The lowest BCUT2D eigenvalue weighted by Crippen LogP contribution is -1.95. The number of para-hydroxylation sites is 2. The summed E-state index contributed by atoms with van der Waals surface area (Å²) in [5.41, 5.74) is 7.50. The summed E-state index contributed by atoms with van der Waals surface area (Å²) >= 11 is 0. The molecule has 3 heterocycles. The number of fused-ring (bicyclic) bond motifs is 10. The molecule has 4 aromatic carbocycles. The number of aliphatic imine (C=N–C) groups is 1. The van der Waals surface area contributed by atoms with E-state index in [4.69, 9.17) is 4.42 Å². The topological polar surface area (TPSA) is 29.9 Å². The highest BCUT2D eigenvalue weighted by Gasteiger charge is 2.21. The molecule has 0 aliphatic rings. The molecule has 0 aliphatic heterocycles. The van der Waals surface area contributed by atoms with Crippen molar-refractivity contribution in [1.29, 1.82) is 0 Å². The van der Waals surface area contributed by atoms with Crippen LogP contribution in [-0.2, 0) is 0 Å². The largest absolute Gasteiger partial charge is 0.455 e. The average molecular weight is 398 g/mol. The van der Waals surface area contributed by atoms with Gasteiger partial charge >= 0.3 is 0 Å². The molecule has 0 N–H and O–H groups in total. The molecule has 31 heavy (non-hydrogen) atoms. The zero-order chi connectivity index (χ0) is 20.7. The Balaban J connectivity index is 1.71. The van der Waals surface area contributed by atoms with E-state index in [0.29, 0.717) is 0 Å². The zero-order valence-corrected chi connectivity index (χ0v) is 17.0. The van der Waals surface area contributed by atoms with Crippen LogP contribution in [0.3, 0.4) is 0 Å². The minimum absolute atomic E-state index is 0.903. The first-order valence-electron chi connectivity index (χ1n) is 10.4. The zero-order valence-electron chi connectivity index (χ0n) is 17.0. The van der Waals surface area contributed by atoms with Gasteiger partial charge in [-0.15, -0.1) is 0 Å². The third kappa shape index (κ3) is 1.96. The van der Waals surface area contributed by atoms with Crippen molar-refractivity contribution in [3.63, 3.8) is 0 Å². The van der Waals surface area contributed by atoms with E-state index in [2.05, 4.69) is 76.6 Å². The van der Waals surface area contributed by atoms with Crippen LogP contribution in [0.5, 0.6) is 0 Å². The van der Waals surface area contributed by atoms with Gasteiger partial charge in [0, 0.05) is 39.5 Å². The molecule has 3 aromatic heterocycles. The Bertz CT molecular complexity index is 1860. The summed E-state index contributed by atoms with van der Waals surface area (Å²) in [6, 6.07) is 25.8. The second kappa shape index (κ2) is 5.73. The molecule has 0 saturated carbocycles. The van der Waals surface area contributed by atoms with Gasteiger partial charge < -0.3 is 8.82 Å². The molecule has 0 spiro atoms. The third-order valence-corrected chi connectivity index (χ3v) is 6.55. The van der Waals surface area contributed by atoms with Crippen LogP contribution in [0.1, 0.15) is 5.56 Å². The van der Waals surface area contributed by atoms with Crippen molar-refractivity contribution in [3.05, 3.63) is 91.0 Å². The summed E-state index contributed by atoms with van der Waals surface area (Å²) in [6.45, 7) is 3.91. The fourth-order valence-electron chi connectivity index (χ4n) is 5.24. The first-order valence-corrected chi connectivity index (χ1v) is 10.4. The number of furan rings is 1. The number of hydrogen-bond donors (Lipinski definition) is 0. The van der Waals surface area contributed by atoms with Gasteiger partial charge in [-0.2, -0.15) is 0 Å². The van der Waals surface area contributed by atoms with E-state index in [1.54, 1.807) is 7.05 Å². The maximum atomic E-state index is 6.38. The molecule has 3 heteroatoms. The normalized spacial score (nSPS) is 13.0. The first-order chi connectivity index (χ1) is 15.3. The summed E-state index contributed by atoms with van der Waals surface area (Å²) in [4.78, 5) is 4.37. The Morgan fingerprint density at radius 3 is 2.52 bits per heavy atom. The lowest BCUT2D eigenvalue weighted by Gasteiger charge is -2.03. The predicted molar refractivity (Wildman–Crippen MR) is 131 cm³/mol. The monoisotopic (exact) mass is 398 g/mol.